The Bertz CT molecular complexity index is 1270. The van der Waals surface area contributed by atoms with Crippen molar-refractivity contribution in [1.29, 1.82) is 0 Å². The van der Waals surface area contributed by atoms with E-state index in [1.165, 1.54) is 0 Å². The highest BCUT2D eigenvalue weighted by Crippen LogP contribution is 2.42. The third kappa shape index (κ3) is 2.97. The van der Waals surface area contributed by atoms with E-state index in [1.54, 1.807) is 14.2 Å². The molecule has 1 aliphatic heterocycles. The van der Waals surface area contributed by atoms with Gasteiger partial charge in [0, 0.05) is 16.5 Å². The van der Waals surface area contributed by atoms with Crippen LogP contribution in [0.15, 0.2) is 54.6 Å². The molecule has 30 heavy (non-hydrogen) atoms. The maximum atomic E-state index is 5.58. The fourth-order valence-corrected chi connectivity index (χ4v) is 3.78. The number of hydrogen-bond acceptors (Lipinski definition) is 6. The minimum atomic E-state index is 0.238. The lowest BCUT2D eigenvalue weighted by Gasteiger charge is -2.14. The first kappa shape index (κ1) is 18.2. The molecule has 0 N–H and O–H groups in total. The third-order valence-electron chi connectivity index (χ3n) is 5.26. The van der Waals surface area contributed by atoms with Crippen LogP contribution in [-0.2, 0) is 0 Å². The molecule has 0 amide bonds. The second-order valence-electron chi connectivity index (χ2n) is 7.04. The topological polar surface area (TPSA) is 62.7 Å². The minimum Gasteiger partial charge on any atom is -0.497 e. The molecule has 3 aromatic carbocycles. The highest BCUT2D eigenvalue weighted by molar-refractivity contribution is 6.02. The normalized spacial score (nSPS) is 12.2. The van der Waals surface area contributed by atoms with Gasteiger partial charge in [0.2, 0.25) is 6.79 Å². The molecule has 6 heteroatoms. The van der Waals surface area contributed by atoms with E-state index in [9.17, 15) is 0 Å². The zero-order valence-corrected chi connectivity index (χ0v) is 16.9. The average Bonchev–Trinajstić information content (AvgIpc) is 3.26. The second kappa shape index (κ2) is 7.22. The lowest BCUT2D eigenvalue weighted by molar-refractivity contribution is 0.174. The first-order valence-corrected chi connectivity index (χ1v) is 9.57. The summed E-state index contributed by atoms with van der Waals surface area (Å²) >= 11 is 0. The van der Waals surface area contributed by atoms with Crippen molar-refractivity contribution in [3.05, 3.63) is 60.3 Å². The van der Waals surface area contributed by atoms with Crippen LogP contribution < -0.4 is 18.9 Å². The van der Waals surface area contributed by atoms with Crippen LogP contribution >= 0.6 is 0 Å². The number of rotatable bonds is 4. The Kier molecular flexibility index (Phi) is 4.39. The van der Waals surface area contributed by atoms with E-state index in [-0.39, 0.29) is 6.79 Å². The van der Waals surface area contributed by atoms with Crippen molar-refractivity contribution in [2.45, 2.75) is 6.92 Å². The van der Waals surface area contributed by atoms with E-state index in [0.717, 1.165) is 61.8 Å². The lowest BCUT2D eigenvalue weighted by Crippen LogP contribution is -1.97. The molecular formula is C24H20N2O4. The fraction of sp³-hybridized carbons (Fsp3) is 0.167. The molecule has 1 aliphatic rings. The van der Waals surface area contributed by atoms with Crippen LogP contribution in [0.2, 0.25) is 0 Å². The molecule has 1 aromatic heterocycles. The molecule has 0 saturated heterocycles. The zero-order valence-electron chi connectivity index (χ0n) is 16.9. The molecular weight excluding hydrogens is 380 g/mol. The van der Waals surface area contributed by atoms with Gasteiger partial charge in [-0.2, -0.15) is 5.10 Å². The van der Waals surface area contributed by atoms with Crippen molar-refractivity contribution in [2.24, 2.45) is 0 Å². The van der Waals surface area contributed by atoms with Gasteiger partial charge < -0.3 is 18.9 Å². The largest absolute Gasteiger partial charge is 0.497 e. The molecule has 0 aliphatic carbocycles. The summed E-state index contributed by atoms with van der Waals surface area (Å²) in [5.41, 5.74) is 4.52. The van der Waals surface area contributed by atoms with Gasteiger partial charge in [-0.15, -0.1) is 5.10 Å². The van der Waals surface area contributed by atoms with Crippen LogP contribution in [0, 0.1) is 6.92 Å². The Morgan fingerprint density at radius 2 is 1.63 bits per heavy atom. The van der Waals surface area contributed by atoms with Crippen molar-refractivity contribution in [3.63, 3.8) is 0 Å². The number of nitrogens with zero attached hydrogens (tertiary/aromatic N) is 2. The number of fused-ring (bicyclic) bond motifs is 2. The summed E-state index contributed by atoms with van der Waals surface area (Å²) in [5.74, 6) is 3.04. The quantitative estimate of drug-likeness (QED) is 0.479. The SMILES string of the molecule is COc1ccc2c(OC)ccc(-c3nnc(C)cc3-c3ccc4c(c3)OCO4)c2c1. The van der Waals surface area contributed by atoms with E-state index < -0.39 is 0 Å². The molecule has 6 nitrogen and oxygen atoms in total. The summed E-state index contributed by atoms with van der Waals surface area (Å²) < 4.78 is 22.1. The molecule has 0 spiro atoms. The van der Waals surface area contributed by atoms with Crippen molar-refractivity contribution < 1.29 is 18.9 Å². The summed E-state index contributed by atoms with van der Waals surface area (Å²) in [6.45, 7) is 2.17. The highest BCUT2D eigenvalue weighted by atomic mass is 16.7. The summed E-state index contributed by atoms with van der Waals surface area (Å²) in [6, 6.07) is 17.8. The molecule has 4 aromatic rings. The number of benzene rings is 3. The molecule has 5 rings (SSSR count). The molecule has 0 fully saturated rings. The molecule has 0 radical (unpaired) electrons. The Morgan fingerprint density at radius 3 is 2.47 bits per heavy atom. The predicted molar refractivity (Wildman–Crippen MR) is 114 cm³/mol. The van der Waals surface area contributed by atoms with Gasteiger partial charge in [0.05, 0.1) is 19.9 Å². The number of ether oxygens (including phenoxy) is 4. The van der Waals surface area contributed by atoms with E-state index in [2.05, 4.69) is 10.2 Å². The molecule has 0 atom stereocenters. The number of aryl methyl sites for hydroxylation is 1. The van der Waals surface area contributed by atoms with Crippen LogP contribution in [-0.4, -0.2) is 31.2 Å². The zero-order chi connectivity index (χ0) is 20.7. The van der Waals surface area contributed by atoms with Gasteiger partial charge >= 0.3 is 0 Å². The molecule has 0 bridgehead atoms. The highest BCUT2D eigenvalue weighted by Gasteiger charge is 2.19. The van der Waals surface area contributed by atoms with Gasteiger partial charge in [-0.05, 0) is 66.4 Å². The molecule has 2 heterocycles. The van der Waals surface area contributed by atoms with E-state index >= 15 is 0 Å². The Morgan fingerprint density at radius 1 is 0.767 bits per heavy atom. The van der Waals surface area contributed by atoms with Gasteiger partial charge in [-0.3, -0.25) is 0 Å². The van der Waals surface area contributed by atoms with Crippen LogP contribution in [0.5, 0.6) is 23.0 Å². The first-order chi connectivity index (χ1) is 14.7. The summed E-state index contributed by atoms with van der Waals surface area (Å²) in [6.07, 6.45) is 0. The number of aromatic nitrogens is 2. The average molecular weight is 400 g/mol. The maximum Gasteiger partial charge on any atom is 0.231 e. The Labute approximate surface area is 174 Å². The standard InChI is InChI=1S/C24H20N2O4/c1-14-10-19(15-4-8-22-23(11-15)30-13-29-22)24(26-25-14)18-7-9-21(28-3)17-6-5-16(27-2)12-20(17)18/h4-12H,13H2,1-3H3. The van der Waals surface area contributed by atoms with E-state index in [1.807, 2.05) is 61.5 Å². The second-order valence-corrected chi connectivity index (χ2v) is 7.04. The van der Waals surface area contributed by atoms with Gasteiger partial charge in [-0.1, -0.05) is 6.07 Å². The van der Waals surface area contributed by atoms with Crippen molar-refractivity contribution >= 4 is 10.8 Å². The lowest BCUT2D eigenvalue weighted by atomic mass is 9.95. The minimum absolute atomic E-state index is 0.238. The predicted octanol–water partition coefficient (Wildman–Crippen LogP) is 5.02. The van der Waals surface area contributed by atoms with Crippen molar-refractivity contribution in [3.8, 4) is 45.4 Å². The van der Waals surface area contributed by atoms with Crippen LogP contribution in [0.25, 0.3) is 33.2 Å². The molecule has 150 valence electrons. The van der Waals surface area contributed by atoms with Crippen LogP contribution in [0.1, 0.15) is 5.69 Å². The summed E-state index contributed by atoms with van der Waals surface area (Å²) in [7, 11) is 3.33. The number of methoxy groups -OCH3 is 2. The smallest absolute Gasteiger partial charge is 0.231 e. The van der Waals surface area contributed by atoms with Crippen LogP contribution in [0.3, 0.4) is 0 Å². The van der Waals surface area contributed by atoms with Gasteiger partial charge in [0.1, 0.15) is 17.2 Å². The van der Waals surface area contributed by atoms with E-state index in [4.69, 9.17) is 18.9 Å². The maximum absolute atomic E-state index is 5.58. The van der Waals surface area contributed by atoms with E-state index in [0.29, 0.717) is 0 Å². The fourth-order valence-electron chi connectivity index (χ4n) is 3.78. The first-order valence-electron chi connectivity index (χ1n) is 9.57. The van der Waals surface area contributed by atoms with Crippen molar-refractivity contribution in [2.75, 3.05) is 21.0 Å². The van der Waals surface area contributed by atoms with Gasteiger partial charge in [0.15, 0.2) is 11.5 Å². The summed E-state index contributed by atoms with van der Waals surface area (Å²) in [5, 5.41) is 10.9. The Balaban J connectivity index is 1.77. The van der Waals surface area contributed by atoms with Crippen molar-refractivity contribution in [1.82, 2.24) is 10.2 Å². The monoisotopic (exact) mass is 400 g/mol. The van der Waals surface area contributed by atoms with Gasteiger partial charge in [-0.25, -0.2) is 0 Å². The van der Waals surface area contributed by atoms with Gasteiger partial charge in [0.25, 0.3) is 0 Å². The third-order valence-corrected chi connectivity index (χ3v) is 5.26. The Hall–Kier alpha value is -3.80. The summed E-state index contributed by atoms with van der Waals surface area (Å²) in [4.78, 5) is 0. The molecule has 0 unspecified atom stereocenters. The molecule has 0 saturated carbocycles. The van der Waals surface area contributed by atoms with Crippen LogP contribution in [0.4, 0.5) is 0 Å². The number of hydrogen-bond donors (Lipinski definition) is 0.